The molecule has 0 aliphatic heterocycles. The molecule has 0 radical (unpaired) electrons. The standard InChI is InChI=1S/C27H25N3O4/c1-19-11-13-20(14-12-19)15-16-24(31)28-17-18-34-27(33)25-22-9-5-6-10-23(22)26(32)30(29-25)21-7-3-2-4-8-21/h2-14H,15-18H2,1H3,(H,28,31). The maximum Gasteiger partial charge on any atom is 0.359 e. The SMILES string of the molecule is Cc1ccc(CCC(=O)NCCOC(=O)c2nn(-c3ccccc3)c(=O)c3ccccc23)cc1. The van der Waals surface area contributed by atoms with E-state index in [0.717, 1.165) is 5.56 Å². The zero-order valence-corrected chi connectivity index (χ0v) is 18.9. The van der Waals surface area contributed by atoms with Gasteiger partial charge in [-0.05, 0) is 37.1 Å². The molecule has 0 unspecified atom stereocenters. The highest BCUT2D eigenvalue weighted by atomic mass is 16.5. The van der Waals surface area contributed by atoms with Crippen LogP contribution in [-0.2, 0) is 16.0 Å². The van der Waals surface area contributed by atoms with Crippen molar-refractivity contribution >= 4 is 22.6 Å². The lowest BCUT2D eigenvalue weighted by molar-refractivity contribution is -0.121. The number of benzene rings is 3. The minimum absolute atomic E-state index is 0.00439. The Balaban J connectivity index is 1.39. The Morgan fingerprint density at radius 3 is 2.32 bits per heavy atom. The summed E-state index contributed by atoms with van der Waals surface area (Å²) in [5.74, 6) is -0.771. The second-order valence-electron chi connectivity index (χ2n) is 7.92. The summed E-state index contributed by atoms with van der Waals surface area (Å²) in [4.78, 5) is 37.9. The largest absolute Gasteiger partial charge is 0.459 e. The normalized spacial score (nSPS) is 10.7. The number of esters is 1. The van der Waals surface area contributed by atoms with Crippen LogP contribution < -0.4 is 10.9 Å². The average Bonchev–Trinajstić information content (AvgIpc) is 2.87. The van der Waals surface area contributed by atoms with Crippen molar-refractivity contribution in [2.24, 2.45) is 0 Å². The molecule has 1 aromatic heterocycles. The van der Waals surface area contributed by atoms with Gasteiger partial charge in [0.1, 0.15) is 6.61 Å². The summed E-state index contributed by atoms with van der Waals surface area (Å²) in [7, 11) is 0. The van der Waals surface area contributed by atoms with Gasteiger partial charge in [0.25, 0.3) is 5.56 Å². The fourth-order valence-electron chi connectivity index (χ4n) is 3.59. The van der Waals surface area contributed by atoms with Crippen LogP contribution in [0, 0.1) is 6.92 Å². The molecule has 4 rings (SSSR count). The van der Waals surface area contributed by atoms with Gasteiger partial charge in [0, 0.05) is 11.8 Å². The number of aryl methyl sites for hydroxylation is 2. The average molecular weight is 456 g/mol. The minimum atomic E-state index is -0.658. The summed E-state index contributed by atoms with van der Waals surface area (Å²) in [6, 6.07) is 23.8. The second kappa shape index (κ2) is 10.6. The third kappa shape index (κ3) is 5.38. The van der Waals surface area contributed by atoms with Gasteiger partial charge in [-0.3, -0.25) is 9.59 Å². The van der Waals surface area contributed by atoms with Gasteiger partial charge in [-0.2, -0.15) is 9.78 Å². The van der Waals surface area contributed by atoms with E-state index >= 15 is 0 Å². The predicted molar refractivity (Wildman–Crippen MR) is 130 cm³/mol. The van der Waals surface area contributed by atoms with Gasteiger partial charge in [0.15, 0.2) is 5.69 Å². The Morgan fingerprint density at radius 1 is 0.912 bits per heavy atom. The van der Waals surface area contributed by atoms with Gasteiger partial charge < -0.3 is 10.1 Å². The number of nitrogens with zero attached hydrogens (tertiary/aromatic N) is 2. The number of rotatable bonds is 8. The molecule has 7 heteroatoms. The van der Waals surface area contributed by atoms with E-state index in [9.17, 15) is 14.4 Å². The van der Waals surface area contributed by atoms with Crippen molar-refractivity contribution in [3.05, 3.63) is 106 Å². The number of hydrogen-bond acceptors (Lipinski definition) is 5. The quantitative estimate of drug-likeness (QED) is 0.324. The Morgan fingerprint density at radius 2 is 1.59 bits per heavy atom. The minimum Gasteiger partial charge on any atom is -0.459 e. The Kier molecular flexibility index (Phi) is 7.13. The number of fused-ring (bicyclic) bond motifs is 1. The van der Waals surface area contributed by atoms with Gasteiger partial charge in [-0.1, -0.05) is 66.2 Å². The Bertz CT molecular complexity index is 1360. The Labute approximate surface area is 197 Å². The van der Waals surface area contributed by atoms with E-state index in [1.165, 1.54) is 10.2 Å². The van der Waals surface area contributed by atoms with E-state index in [0.29, 0.717) is 29.3 Å². The van der Waals surface area contributed by atoms with E-state index in [1.54, 1.807) is 48.5 Å². The summed E-state index contributed by atoms with van der Waals surface area (Å²) in [6.07, 6.45) is 0.994. The summed E-state index contributed by atoms with van der Waals surface area (Å²) in [5.41, 5.74) is 2.55. The molecule has 4 aromatic rings. The van der Waals surface area contributed by atoms with Crippen LogP contribution in [-0.4, -0.2) is 34.8 Å². The molecule has 34 heavy (non-hydrogen) atoms. The summed E-state index contributed by atoms with van der Waals surface area (Å²) >= 11 is 0. The van der Waals surface area contributed by atoms with E-state index in [2.05, 4.69) is 10.4 Å². The van der Waals surface area contributed by atoms with Crippen molar-refractivity contribution < 1.29 is 14.3 Å². The number of amides is 1. The molecule has 3 aromatic carbocycles. The van der Waals surface area contributed by atoms with Gasteiger partial charge in [-0.15, -0.1) is 0 Å². The molecule has 1 heterocycles. The van der Waals surface area contributed by atoms with Gasteiger partial charge >= 0.3 is 5.97 Å². The summed E-state index contributed by atoms with van der Waals surface area (Å²) < 4.78 is 6.56. The lowest BCUT2D eigenvalue weighted by Crippen LogP contribution is -2.29. The van der Waals surface area contributed by atoms with Crippen molar-refractivity contribution in [1.29, 1.82) is 0 Å². The molecule has 0 fully saturated rings. The van der Waals surface area contributed by atoms with Crippen LogP contribution in [0.5, 0.6) is 0 Å². The number of carbonyl (C=O) groups excluding carboxylic acids is 2. The zero-order chi connectivity index (χ0) is 23.9. The van der Waals surface area contributed by atoms with Crippen LogP contribution in [0.25, 0.3) is 16.5 Å². The van der Waals surface area contributed by atoms with Crippen LogP contribution >= 0.6 is 0 Å². The predicted octanol–water partition coefficient (Wildman–Crippen LogP) is 3.60. The number of para-hydroxylation sites is 1. The molecule has 0 atom stereocenters. The molecule has 0 spiro atoms. The number of aromatic nitrogens is 2. The van der Waals surface area contributed by atoms with Gasteiger partial charge in [-0.25, -0.2) is 4.79 Å². The number of nitrogens with one attached hydrogen (secondary N) is 1. The topological polar surface area (TPSA) is 90.3 Å². The molecular weight excluding hydrogens is 430 g/mol. The van der Waals surface area contributed by atoms with E-state index in [1.807, 2.05) is 37.3 Å². The van der Waals surface area contributed by atoms with Crippen LogP contribution in [0.3, 0.4) is 0 Å². The molecule has 0 aliphatic rings. The first kappa shape index (κ1) is 22.9. The Hall–Kier alpha value is -4.26. The molecule has 1 amide bonds. The molecule has 0 aliphatic carbocycles. The molecule has 1 N–H and O–H groups in total. The van der Waals surface area contributed by atoms with E-state index in [-0.39, 0.29) is 30.3 Å². The summed E-state index contributed by atoms with van der Waals surface area (Å²) in [5, 5.41) is 7.85. The maximum atomic E-state index is 12.9. The second-order valence-corrected chi connectivity index (χ2v) is 7.92. The maximum absolute atomic E-state index is 12.9. The molecule has 0 bridgehead atoms. The van der Waals surface area contributed by atoms with E-state index < -0.39 is 5.97 Å². The van der Waals surface area contributed by atoms with E-state index in [4.69, 9.17) is 4.74 Å². The van der Waals surface area contributed by atoms with Crippen LogP contribution in [0.4, 0.5) is 0 Å². The lowest BCUT2D eigenvalue weighted by atomic mass is 10.1. The number of ether oxygens (including phenoxy) is 1. The smallest absolute Gasteiger partial charge is 0.359 e. The van der Waals surface area contributed by atoms with Crippen molar-refractivity contribution in [1.82, 2.24) is 15.1 Å². The van der Waals surface area contributed by atoms with Crippen LogP contribution in [0.2, 0.25) is 0 Å². The summed E-state index contributed by atoms with van der Waals surface area (Å²) in [6.45, 7) is 2.20. The third-order valence-electron chi connectivity index (χ3n) is 5.42. The van der Waals surface area contributed by atoms with Gasteiger partial charge in [0.2, 0.25) is 5.91 Å². The van der Waals surface area contributed by atoms with Gasteiger partial charge in [0.05, 0.1) is 17.6 Å². The highest BCUT2D eigenvalue weighted by Crippen LogP contribution is 2.16. The van der Waals surface area contributed by atoms with Crippen molar-refractivity contribution in [3.63, 3.8) is 0 Å². The monoisotopic (exact) mass is 455 g/mol. The van der Waals surface area contributed by atoms with Crippen molar-refractivity contribution in [2.45, 2.75) is 19.8 Å². The lowest BCUT2D eigenvalue weighted by Gasteiger charge is -2.11. The van der Waals surface area contributed by atoms with Crippen molar-refractivity contribution in [2.75, 3.05) is 13.2 Å². The fourth-order valence-corrected chi connectivity index (χ4v) is 3.59. The molecule has 0 saturated carbocycles. The molecule has 172 valence electrons. The molecule has 7 nitrogen and oxygen atoms in total. The highest BCUT2D eigenvalue weighted by Gasteiger charge is 2.18. The fraction of sp³-hybridized carbons (Fsp3) is 0.185. The number of hydrogen-bond donors (Lipinski definition) is 1. The van der Waals surface area contributed by atoms with Crippen molar-refractivity contribution in [3.8, 4) is 5.69 Å². The van der Waals surface area contributed by atoms with Crippen LogP contribution in [0.1, 0.15) is 28.0 Å². The molecular formula is C27H25N3O4. The van der Waals surface area contributed by atoms with Crippen LogP contribution in [0.15, 0.2) is 83.7 Å². The third-order valence-corrected chi connectivity index (χ3v) is 5.42. The first-order valence-electron chi connectivity index (χ1n) is 11.1. The zero-order valence-electron chi connectivity index (χ0n) is 18.9. The number of carbonyl (C=O) groups is 2. The highest BCUT2D eigenvalue weighted by molar-refractivity contribution is 6.02. The first-order chi connectivity index (χ1) is 16.5. The molecule has 0 saturated heterocycles. The first-order valence-corrected chi connectivity index (χ1v) is 11.1.